The topological polar surface area (TPSA) is 128 Å². The molecule has 2 N–H and O–H groups in total. The molecule has 2 aliphatic rings. The number of fused-ring (bicyclic) bond motifs is 1. The lowest BCUT2D eigenvalue weighted by molar-refractivity contribution is -0.141. The van der Waals surface area contributed by atoms with Crippen LogP contribution in [0.2, 0.25) is 0 Å². The van der Waals surface area contributed by atoms with E-state index in [0.717, 1.165) is 12.8 Å². The Labute approximate surface area is 205 Å². The predicted molar refractivity (Wildman–Crippen MR) is 127 cm³/mol. The van der Waals surface area contributed by atoms with Gasteiger partial charge >= 0.3 is 12.1 Å². The highest BCUT2D eigenvalue weighted by Gasteiger charge is 2.37. The average molecular weight is 490 g/mol. The average Bonchev–Trinajstić information content (AvgIpc) is 3.13. The van der Waals surface area contributed by atoms with Gasteiger partial charge in [-0.15, -0.1) is 0 Å². The molecule has 3 rings (SSSR count). The molecule has 1 fully saturated rings. The Balaban J connectivity index is 1.59. The summed E-state index contributed by atoms with van der Waals surface area (Å²) >= 11 is 0. The van der Waals surface area contributed by atoms with E-state index in [4.69, 9.17) is 15.2 Å². The molecular weight excluding hydrogens is 454 g/mol. The van der Waals surface area contributed by atoms with Crippen molar-refractivity contribution in [1.82, 2.24) is 9.80 Å². The standard InChI is InChI=1S/C25H35N3O7/c1-25(2,3)35-24(32)27-12-10-16(11-13-27)15-34-20-7-5-6-17-18(20)14-28(23(17)31)19(22(26)30)8-9-21(29)33-4/h5-7,16,19H,8-15H2,1-4H3,(H2,26,30). The van der Waals surface area contributed by atoms with Crippen LogP contribution in [0.15, 0.2) is 18.2 Å². The van der Waals surface area contributed by atoms with Crippen LogP contribution in [0, 0.1) is 5.92 Å². The summed E-state index contributed by atoms with van der Waals surface area (Å²) in [5, 5.41) is 0. The molecule has 0 spiro atoms. The van der Waals surface area contributed by atoms with Gasteiger partial charge in [-0.05, 0) is 58.1 Å². The molecule has 0 aromatic heterocycles. The van der Waals surface area contributed by atoms with Crippen molar-refractivity contribution < 1.29 is 33.4 Å². The number of amides is 3. The molecule has 0 bridgehead atoms. The Morgan fingerprint density at radius 3 is 2.46 bits per heavy atom. The second kappa shape index (κ2) is 11.0. The minimum Gasteiger partial charge on any atom is -0.493 e. The van der Waals surface area contributed by atoms with Crippen molar-refractivity contribution in [3.8, 4) is 5.75 Å². The van der Waals surface area contributed by atoms with Crippen molar-refractivity contribution in [1.29, 1.82) is 0 Å². The molecule has 10 nitrogen and oxygen atoms in total. The first-order valence-electron chi connectivity index (χ1n) is 11.9. The zero-order valence-corrected chi connectivity index (χ0v) is 20.9. The van der Waals surface area contributed by atoms with E-state index in [1.165, 1.54) is 12.0 Å². The lowest BCUT2D eigenvalue weighted by atomic mass is 9.98. The number of methoxy groups -OCH3 is 1. The number of hydrogen-bond acceptors (Lipinski definition) is 7. The highest BCUT2D eigenvalue weighted by molar-refractivity contribution is 6.01. The van der Waals surface area contributed by atoms with Crippen LogP contribution in [-0.2, 0) is 25.6 Å². The van der Waals surface area contributed by atoms with Crippen molar-refractivity contribution in [2.45, 2.75) is 64.6 Å². The maximum atomic E-state index is 13.0. The maximum absolute atomic E-state index is 13.0. The smallest absolute Gasteiger partial charge is 0.410 e. The maximum Gasteiger partial charge on any atom is 0.410 e. The fourth-order valence-corrected chi connectivity index (χ4v) is 4.34. The molecule has 0 aliphatic carbocycles. The van der Waals surface area contributed by atoms with E-state index < -0.39 is 23.5 Å². The first kappa shape index (κ1) is 26.3. The molecule has 2 aliphatic heterocycles. The number of benzene rings is 1. The molecule has 1 unspecified atom stereocenters. The highest BCUT2D eigenvalue weighted by Crippen LogP contribution is 2.33. The van der Waals surface area contributed by atoms with Gasteiger partial charge in [0.15, 0.2) is 0 Å². The Hall–Kier alpha value is -3.30. The third-order valence-corrected chi connectivity index (χ3v) is 6.25. The van der Waals surface area contributed by atoms with Crippen molar-refractivity contribution in [2.75, 3.05) is 26.8 Å². The van der Waals surface area contributed by atoms with E-state index in [0.29, 0.717) is 36.6 Å². The minimum absolute atomic E-state index is 0.0183. The number of likely N-dealkylation sites (tertiary alicyclic amines) is 1. The number of nitrogens with zero attached hydrogens (tertiary/aromatic N) is 2. The van der Waals surface area contributed by atoms with Crippen LogP contribution in [0.4, 0.5) is 4.79 Å². The summed E-state index contributed by atoms with van der Waals surface area (Å²) in [6.45, 7) is 7.37. The Kier molecular flexibility index (Phi) is 8.24. The van der Waals surface area contributed by atoms with Crippen LogP contribution in [0.5, 0.6) is 5.75 Å². The predicted octanol–water partition coefficient (Wildman–Crippen LogP) is 2.48. The molecule has 1 atom stereocenters. The molecule has 3 amide bonds. The molecule has 1 saturated heterocycles. The van der Waals surface area contributed by atoms with Gasteiger partial charge in [0.05, 0.1) is 20.3 Å². The number of esters is 1. The van der Waals surface area contributed by atoms with E-state index in [9.17, 15) is 19.2 Å². The summed E-state index contributed by atoms with van der Waals surface area (Å²) < 4.78 is 16.2. The first-order valence-corrected chi connectivity index (χ1v) is 11.9. The molecule has 10 heteroatoms. The van der Waals surface area contributed by atoms with Gasteiger partial charge in [0.25, 0.3) is 5.91 Å². The second-order valence-corrected chi connectivity index (χ2v) is 9.97. The minimum atomic E-state index is -0.918. The number of nitrogens with two attached hydrogens (primary N) is 1. The number of carbonyl (C=O) groups excluding carboxylic acids is 4. The molecule has 35 heavy (non-hydrogen) atoms. The van der Waals surface area contributed by atoms with Crippen molar-refractivity contribution in [2.24, 2.45) is 11.7 Å². The fourth-order valence-electron chi connectivity index (χ4n) is 4.34. The Bertz CT molecular complexity index is 964. The van der Waals surface area contributed by atoms with E-state index in [2.05, 4.69) is 4.74 Å². The number of ether oxygens (including phenoxy) is 3. The molecule has 1 aromatic carbocycles. The number of piperidine rings is 1. The molecule has 192 valence electrons. The molecule has 2 heterocycles. The molecular formula is C25H35N3O7. The molecule has 0 saturated carbocycles. The zero-order valence-electron chi connectivity index (χ0n) is 20.9. The summed E-state index contributed by atoms with van der Waals surface area (Å²) in [5.74, 6) is -0.610. The number of rotatable bonds is 8. The van der Waals surface area contributed by atoms with Gasteiger partial charge in [0, 0.05) is 30.6 Å². The third-order valence-electron chi connectivity index (χ3n) is 6.25. The first-order chi connectivity index (χ1) is 16.5. The lowest BCUT2D eigenvalue weighted by Crippen LogP contribution is -2.45. The van der Waals surface area contributed by atoms with Crippen LogP contribution >= 0.6 is 0 Å². The molecule has 1 aromatic rings. The highest BCUT2D eigenvalue weighted by atomic mass is 16.6. The van der Waals surface area contributed by atoms with Crippen LogP contribution in [-0.4, -0.2) is 72.1 Å². The Morgan fingerprint density at radius 1 is 1.17 bits per heavy atom. The molecule has 0 radical (unpaired) electrons. The van der Waals surface area contributed by atoms with E-state index >= 15 is 0 Å². The van der Waals surface area contributed by atoms with Crippen LogP contribution < -0.4 is 10.5 Å². The summed E-state index contributed by atoms with van der Waals surface area (Å²) in [5.41, 5.74) is 6.19. The van der Waals surface area contributed by atoms with E-state index in [1.807, 2.05) is 20.8 Å². The normalized spacial score (nSPS) is 17.1. The third kappa shape index (κ3) is 6.64. The van der Waals surface area contributed by atoms with Gasteiger partial charge in [0.1, 0.15) is 17.4 Å². The summed E-state index contributed by atoms with van der Waals surface area (Å²) in [6.07, 6.45) is 1.35. The van der Waals surface area contributed by atoms with E-state index in [-0.39, 0.29) is 37.3 Å². The zero-order chi connectivity index (χ0) is 25.8. The lowest BCUT2D eigenvalue weighted by Gasteiger charge is -2.33. The van der Waals surface area contributed by atoms with Crippen LogP contribution in [0.1, 0.15) is 62.4 Å². The van der Waals surface area contributed by atoms with Crippen molar-refractivity contribution in [3.63, 3.8) is 0 Å². The number of carbonyl (C=O) groups is 4. The van der Waals surface area contributed by atoms with Gasteiger partial charge in [0.2, 0.25) is 5.91 Å². The van der Waals surface area contributed by atoms with Gasteiger partial charge < -0.3 is 29.7 Å². The van der Waals surface area contributed by atoms with Crippen molar-refractivity contribution >= 4 is 23.9 Å². The van der Waals surface area contributed by atoms with E-state index in [1.54, 1.807) is 23.1 Å². The van der Waals surface area contributed by atoms with Crippen LogP contribution in [0.3, 0.4) is 0 Å². The summed E-state index contributed by atoms with van der Waals surface area (Å²) in [7, 11) is 1.27. The summed E-state index contributed by atoms with van der Waals surface area (Å²) in [6, 6.07) is 4.33. The van der Waals surface area contributed by atoms with Crippen molar-refractivity contribution in [3.05, 3.63) is 29.3 Å². The van der Waals surface area contributed by atoms with Gasteiger partial charge in [-0.1, -0.05) is 6.07 Å². The number of primary amides is 1. The van der Waals surface area contributed by atoms with Gasteiger partial charge in [-0.25, -0.2) is 4.79 Å². The quantitative estimate of drug-likeness (QED) is 0.556. The second-order valence-electron chi connectivity index (χ2n) is 9.97. The Morgan fingerprint density at radius 2 is 1.86 bits per heavy atom. The van der Waals surface area contributed by atoms with Gasteiger partial charge in [-0.2, -0.15) is 0 Å². The van der Waals surface area contributed by atoms with Gasteiger partial charge in [-0.3, -0.25) is 14.4 Å². The van der Waals surface area contributed by atoms with Crippen LogP contribution in [0.25, 0.3) is 0 Å². The monoisotopic (exact) mass is 489 g/mol. The largest absolute Gasteiger partial charge is 0.493 e. The number of hydrogen-bond donors (Lipinski definition) is 1. The fraction of sp³-hybridized carbons (Fsp3) is 0.600. The summed E-state index contributed by atoms with van der Waals surface area (Å²) in [4.78, 5) is 52.0. The SMILES string of the molecule is COC(=O)CCC(C(N)=O)N1Cc2c(OCC3CCN(C(=O)OC(C)(C)C)CC3)cccc2C1=O.